The van der Waals surface area contributed by atoms with Crippen LogP contribution in [0.15, 0.2) is 0 Å². The second-order valence-corrected chi connectivity index (χ2v) is 7.68. The summed E-state index contributed by atoms with van der Waals surface area (Å²) in [4.78, 5) is 29.7. The molecule has 0 bridgehead atoms. The van der Waals surface area contributed by atoms with Crippen LogP contribution in [0, 0.1) is 0 Å². The topological polar surface area (TPSA) is 66.3 Å². The maximum Gasteiger partial charge on any atom is 0.0762 e. The predicted molar refractivity (Wildman–Crippen MR) is 84.3 cm³/mol. The Morgan fingerprint density at radius 3 is 1.20 bits per heavy atom. The lowest BCUT2D eigenvalue weighted by molar-refractivity contribution is -0.331. The monoisotopic (exact) mass is 305 g/mol. The number of hydrogen-bond acceptors (Lipinski definition) is 3. The van der Waals surface area contributed by atoms with Crippen molar-refractivity contribution in [2.45, 2.75) is 96.8 Å². The Labute approximate surface area is 126 Å². The van der Waals surface area contributed by atoms with Gasteiger partial charge in [0, 0.05) is 7.94 Å². The van der Waals surface area contributed by atoms with Gasteiger partial charge in [-0.2, -0.15) is 0 Å². The van der Waals surface area contributed by atoms with Crippen molar-refractivity contribution < 1.29 is 14.7 Å². The molecule has 122 valence electrons. The first-order chi connectivity index (χ1) is 9.56. The standard InChI is InChI=1S/C16H35O3P/c1-2-3-4-5-6-7-8-9-10-11-12-13-14-15-16-20(17,18)19/h2-16H2,1H3,(H2,17,18,19)/p-1. The smallest absolute Gasteiger partial charge is 0.0762 e. The Morgan fingerprint density at radius 2 is 0.900 bits per heavy atom. The Balaban J connectivity index is 2.99. The average molecular weight is 305 g/mol. The van der Waals surface area contributed by atoms with Crippen molar-refractivity contribution in [1.29, 1.82) is 0 Å². The molecule has 0 saturated carbocycles. The van der Waals surface area contributed by atoms with E-state index in [1.807, 2.05) is 0 Å². The van der Waals surface area contributed by atoms with E-state index in [4.69, 9.17) is 4.89 Å². The van der Waals surface area contributed by atoms with Crippen LogP contribution in [-0.2, 0) is 0 Å². The fraction of sp³-hybridized carbons (Fsp3) is 1.00. The molecule has 0 amide bonds. The van der Waals surface area contributed by atoms with Gasteiger partial charge in [0.15, 0.2) is 0 Å². The van der Waals surface area contributed by atoms with Gasteiger partial charge in [-0.15, -0.1) is 0 Å². The molecule has 3 nitrogen and oxygen atoms in total. The van der Waals surface area contributed by atoms with Gasteiger partial charge in [-0.25, -0.2) is 0 Å². The van der Waals surface area contributed by atoms with Crippen LogP contribution >= 0.6 is 7.94 Å². The Hall–Kier alpha value is 0.310. The summed E-state index contributed by atoms with van der Waals surface area (Å²) in [5.74, 6) is 0. The van der Waals surface area contributed by atoms with Gasteiger partial charge in [-0.3, -0.25) is 4.89 Å². The highest BCUT2D eigenvalue weighted by atomic mass is 31.2. The van der Waals surface area contributed by atoms with Crippen molar-refractivity contribution in [3.05, 3.63) is 0 Å². The van der Waals surface area contributed by atoms with E-state index >= 15 is 0 Å². The van der Waals surface area contributed by atoms with Gasteiger partial charge in [0.1, 0.15) is 0 Å². The highest BCUT2D eigenvalue weighted by molar-refractivity contribution is 7.55. The summed E-state index contributed by atoms with van der Waals surface area (Å²) in [6, 6.07) is 0. The van der Waals surface area contributed by atoms with Crippen LogP contribution in [0.25, 0.3) is 0 Å². The van der Waals surface area contributed by atoms with Crippen LogP contribution in [0.3, 0.4) is 0 Å². The first-order valence-corrected chi connectivity index (χ1v) is 10.4. The molecule has 4 heteroatoms. The van der Waals surface area contributed by atoms with Gasteiger partial charge in [0.25, 0.3) is 0 Å². The van der Waals surface area contributed by atoms with E-state index in [2.05, 4.69) is 6.92 Å². The molecule has 0 aliphatic carbocycles. The van der Waals surface area contributed by atoms with Gasteiger partial charge < -0.3 is 9.79 Å². The summed E-state index contributed by atoms with van der Waals surface area (Å²) >= 11 is 0. The van der Waals surface area contributed by atoms with Crippen molar-refractivity contribution in [1.82, 2.24) is 0 Å². The minimum absolute atomic E-state index is 0.0506. The van der Waals surface area contributed by atoms with Crippen LogP contribution in [0.1, 0.15) is 96.8 Å². The van der Waals surface area contributed by atoms with Gasteiger partial charge >= 0.3 is 0 Å². The molecular formula is C16H34O3P-. The molecular weight excluding hydrogens is 271 g/mol. The zero-order chi connectivity index (χ0) is 15.1. The fourth-order valence-electron chi connectivity index (χ4n) is 2.51. The summed E-state index contributed by atoms with van der Waals surface area (Å²) in [6.45, 7) is 2.25. The molecule has 0 aromatic heterocycles. The van der Waals surface area contributed by atoms with Crippen LogP contribution in [0.5, 0.6) is 0 Å². The van der Waals surface area contributed by atoms with Crippen LogP contribution in [-0.4, -0.2) is 11.1 Å². The minimum Gasteiger partial charge on any atom is -0.660 e. The van der Waals surface area contributed by atoms with E-state index in [9.17, 15) is 9.79 Å². The highest BCUT2D eigenvalue weighted by Gasteiger charge is 2.05. The van der Waals surface area contributed by atoms with Crippen LogP contribution < -0.4 is 9.79 Å². The quantitative estimate of drug-likeness (QED) is 0.368. The molecule has 0 aliphatic heterocycles. The maximum absolute atomic E-state index is 10.5. The lowest BCUT2D eigenvalue weighted by atomic mass is 10.0. The van der Waals surface area contributed by atoms with Gasteiger partial charge in [-0.05, 0) is 12.8 Å². The lowest BCUT2D eigenvalue weighted by Gasteiger charge is -2.27. The molecule has 0 radical (unpaired) electrons. The summed E-state index contributed by atoms with van der Waals surface area (Å²) in [5, 5.41) is 0. The second kappa shape index (κ2) is 14.3. The van der Waals surface area contributed by atoms with E-state index in [0.717, 1.165) is 12.8 Å². The van der Waals surface area contributed by atoms with Crippen molar-refractivity contribution in [2.75, 3.05) is 6.16 Å². The van der Waals surface area contributed by atoms with Gasteiger partial charge in [-0.1, -0.05) is 84.0 Å². The van der Waals surface area contributed by atoms with Crippen LogP contribution in [0.2, 0.25) is 0 Å². The number of hydrogen-bond donors (Lipinski definition) is 1. The molecule has 0 saturated heterocycles. The molecule has 0 aromatic carbocycles. The Morgan fingerprint density at radius 1 is 0.600 bits per heavy atom. The van der Waals surface area contributed by atoms with Crippen molar-refractivity contribution >= 4 is 7.94 Å². The van der Waals surface area contributed by atoms with E-state index in [1.165, 1.54) is 70.6 Å². The molecule has 0 aliphatic rings. The normalized spacial score (nSPS) is 12.0. The minimum atomic E-state index is -4.00. The third-order valence-corrected chi connectivity index (χ3v) is 4.68. The average Bonchev–Trinajstić information content (AvgIpc) is 2.38. The van der Waals surface area contributed by atoms with E-state index < -0.39 is 7.94 Å². The van der Waals surface area contributed by atoms with Crippen molar-refractivity contribution in [2.24, 2.45) is 0 Å². The lowest BCUT2D eigenvalue weighted by Crippen LogP contribution is -2.23. The number of rotatable bonds is 15. The third-order valence-electron chi connectivity index (χ3n) is 3.79. The molecule has 0 rings (SSSR count). The summed E-state index contributed by atoms with van der Waals surface area (Å²) < 4.78 is 0. The highest BCUT2D eigenvalue weighted by Crippen LogP contribution is 2.34. The first kappa shape index (κ1) is 20.3. The zero-order valence-electron chi connectivity index (χ0n) is 13.3. The summed E-state index contributed by atoms with van der Waals surface area (Å²) in [7, 11) is -4.00. The molecule has 1 N–H and O–H groups in total. The summed E-state index contributed by atoms with van der Waals surface area (Å²) in [5.41, 5.74) is 0. The first-order valence-electron chi connectivity index (χ1n) is 8.59. The predicted octanol–water partition coefficient (Wildman–Crippen LogP) is 3.94. The number of unbranched alkanes of at least 4 members (excludes halogenated alkanes) is 13. The largest absolute Gasteiger partial charge is 0.660 e. The Bertz CT molecular complexity index is 193. The zero-order valence-corrected chi connectivity index (χ0v) is 14.2. The van der Waals surface area contributed by atoms with E-state index in [-0.39, 0.29) is 6.16 Å². The molecule has 0 unspecified atom stereocenters. The Kier molecular flexibility index (Phi) is 14.5. The van der Waals surface area contributed by atoms with Gasteiger partial charge in [0.05, 0.1) is 6.16 Å². The fourth-order valence-corrected chi connectivity index (χ4v) is 3.13. The molecule has 0 aromatic rings. The molecule has 0 spiro atoms. The van der Waals surface area contributed by atoms with Crippen LogP contribution in [0.4, 0.5) is 0 Å². The van der Waals surface area contributed by atoms with Crippen molar-refractivity contribution in [3.63, 3.8) is 0 Å². The van der Waals surface area contributed by atoms with E-state index in [0.29, 0.717) is 6.42 Å². The third kappa shape index (κ3) is 18.3. The molecule has 0 heterocycles. The molecule has 20 heavy (non-hydrogen) atoms. The summed E-state index contributed by atoms with van der Waals surface area (Å²) in [6.07, 6.45) is 17.4. The van der Waals surface area contributed by atoms with Gasteiger partial charge in [0.2, 0.25) is 0 Å². The second-order valence-electron chi connectivity index (χ2n) is 5.96. The molecule has 0 fully saturated rings. The van der Waals surface area contributed by atoms with Crippen molar-refractivity contribution in [3.8, 4) is 0 Å². The maximum atomic E-state index is 10.5. The van der Waals surface area contributed by atoms with E-state index in [1.54, 1.807) is 0 Å². The molecule has 0 atom stereocenters. The SMILES string of the molecule is CCCCCCCCCCCCCCCC[P+]([O-])([O-])O.